The first-order valence-corrected chi connectivity index (χ1v) is 1.50. The predicted octanol–water partition coefficient (Wildman–Crippen LogP) is 1.62. The van der Waals surface area contributed by atoms with Crippen LogP contribution in [0.25, 0.3) is 0 Å². The Bertz CT molecular complexity index is 12.3. The minimum Gasteiger partial charge on any atom is -0.323 e. The summed E-state index contributed by atoms with van der Waals surface area (Å²) in [5, 5.41) is 0. The molecular weight excluding hydrogens is 337 g/mol. The molecule has 0 unspecified atom stereocenters. The molecule has 0 aliphatic rings. The van der Waals surface area contributed by atoms with Crippen molar-refractivity contribution in [3.63, 3.8) is 0 Å². The van der Waals surface area contributed by atoms with E-state index in [1.807, 2.05) is 0 Å². The van der Waals surface area contributed by atoms with Gasteiger partial charge in [-0.25, -0.2) is 0 Å². The Hall–Kier alpha value is 1.64. The zero-order valence-corrected chi connectivity index (χ0v) is 10.0. The Morgan fingerprint density at radius 3 is 1.00 bits per heavy atom. The molecule has 0 amide bonds. The molecule has 0 aromatic rings. The van der Waals surface area contributed by atoms with E-state index < -0.39 is 0 Å². The van der Waals surface area contributed by atoms with Gasteiger partial charge in [0.05, 0.1) is 0 Å². The molecule has 0 aliphatic heterocycles. The van der Waals surface area contributed by atoms with Crippen LogP contribution in [-0.2, 0) is 18.6 Å². The molecule has 2 heteroatoms. The Labute approximate surface area is 75.7 Å². The minimum atomic E-state index is 0. The third-order valence-electron chi connectivity index (χ3n) is 0. The molecule has 35 valence electrons. The smallest absolute Gasteiger partial charge is 0 e. The molecule has 0 rings (SSSR count). The molecular formula is C4H9UV-. The molecule has 0 atom stereocenters. The first-order valence-electron chi connectivity index (χ1n) is 1.50. The van der Waals surface area contributed by atoms with E-state index in [4.69, 9.17) is 0 Å². The van der Waals surface area contributed by atoms with E-state index in [2.05, 4.69) is 20.8 Å². The van der Waals surface area contributed by atoms with Gasteiger partial charge in [-0.3, -0.25) is 0 Å². The van der Waals surface area contributed by atoms with Crippen LogP contribution in [0.4, 0.5) is 0 Å². The fraction of sp³-hybridized carbons (Fsp3) is 0.750. The van der Waals surface area contributed by atoms with Crippen molar-refractivity contribution >= 4 is 0 Å². The first kappa shape index (κ1) is 15.6. The second-order valence-electron chi connectivity index (χ2n) is 1.50. The minimum absolute atomic E-state index is 0. The van der Waals surface area contributed by atoms with Gasteiger partial charge < -0.3 is 5.92 Å². The molecule has 6 heavy (non-hydrogen) atoms. The zero-order chi connectivity index (χ0) is 3.58. The van der Waals surface area contributed by atoms with Crippen LogP contribution in [0, 0.1) is 37.0 Å². The molecule has 0 N–H and O–H groups in total. The van der Waals surface area contributed by atoms with E-state index in [1.54, 1.807) is 0 Å². The third kappa shape index (κ3) is 45.2. The first-order chi connectivity index (χ1) is 1.73. The average Bonchev–Trinajstić information content (AvgIpc) is 0.811. The SMILES string of the molecule is C[C-](C)C.[U].[V]. The van der Waals surface area contributed by atoms with Crippen LogP contribution in [0.15, 0.2) is 0 Å². The standard InChI is InChI=1S/C4H9.U.V/c1-4(2)3;;/h1-3H3;;/q-1;;. The molecule has 0 heterocycles. The largest absolute Gasteiger partial charge is 0.323 e. The Kier molecular flexibility index (Phi) is 25.6. The summed E-state index contributed by atoms with van der Waals surface area (Å²) in [6.45, 7) is 6.25. The number of hydrogen-bond donors (Lipinski definition) is 0. The van der Waals surface area contributed by atoms with Gasteiger partial charge in [0.2, 0.25) is 0 Å². The molecule has 0 nitrogen and oxygen atoms in total. The van der Waals surface area contributed by atoms with Crippen molar-refractivity contribution in [3.8, 4) is 0 Å². The maximum Gasteiger partial charge on any atom is 0 e. The molecule has 0 bridgehead atoms. The van der Waals surface area contributed by atoms with Gasteiger partial charge >= 0.3 is 0 Å². The maximum atomic E-state index is 2.08. The fourth-order valence-corrected chi connectivity index (χ4v) is 0. The van der Waals surface area contributed by atoms with E-state index in [9.17, 15) is 0 Å². The number of rotatable bonds is 0. The predicted molar refractivity (Wildman–Crippen MR) is 20.3 cm³/mol. The summed E-state index contributed by atoms with van der Waals surface area (Å²) in [7, 11) is 0. The van der Waals surface area contributed by atoms with Crippen LogP contribution < -0.4 is 0 Å². The van der Waals surface area contributed by atoms with E-state index >= 15 is 0 Å². The summed E-state index contributed by atoms with van der Waals surface area (Å²) < 4.78 is 0. The quantitative estimate of drug-likeness (QED) is 0.585. The molecule has 0 aliphatic carbocycles. The summed E-state index contributed by atoms with van der Waals surface area (Å²) in [6, 6.07) is 0. The van der Waals surface area contributed by atoms with Crippen molar-refractivity contribution in [2.45, 2.75) is 20.8 Å². The van der Waals surface area contributed by atoms with Crippen LogP contribution in [0.2, 0.25) is 0 Å². The van der Waals surface area contributed by atoms with E-state index in [0.29, 0.717) is 0 Å². The molecule has 0 fully saturated rings. The second kappa shape index (κ2) is 9.81. The zero-order valence-electron chi connectivity index (χ0n) is 4.45. The Morgan fingerprint density at radius 1 is 1.00 bits per heavy atom. The molecule has 0 spiro atoms. The van der Waals surface area contributed by atoms with E-state index in [1.165, 1.54) is 5.92 Å². The van der Waals surface area contributed by atoms with Gasteiger partial charge in [0, 0.05) is 49.7 Å². The summed E-state index contributed by atoms with van der Waals surface area (Å²) >= 11 is 0. The summed E-state index contributed by atoms with van der Waals surface area (Å²) in [5.41, 5.74) is 0. The summed E-state index contributed by atoms with van der Waals surface area (Å²) in [4.78, 5) is 0. The van der Waals surface area contributed by atoms with E-state index in [0.717, 1.165) is 0 Å². The van der Waals surface area contributed by atoms with Gasteiger partial charge in [0.25, 0.3) is 0 Å². The summed E-state index contributed by atoms with van der Waals surface area (Å²) in [6.07, 6.45) is 0. The van der Waals surface area contributed by atoms with Crippen LogP contribution >= 0.6 is 0 Å². The van der Waals surface area contributed by atoms with Crippen LogP contribution in [-0.4, -0.2) is 0 Å². The molecule has 0 aromatic carbocycles. The van der Waals surface area contributed by atoms with Gasteiger partial charge in [0.1, 0.15) is 0 Å². The van der Waals surface area contributed by atoms with Crippen molar-refractivity contribution in [2.24, 2.45) is 0 Å². The normalized spacial score (nSPS) is 6.00. The fourth-order valence-electron chi connectivity index (χ4n) is 0. The average molecular weight is 346 g/mol. The van der Waals surface area contributed by atoms with Gasteiger partial charge in [-0.05, 0) is 0 Å². The second-order valence-corrected chi connectivity index (χ2v) is 1.50. The van der Waals surface area contributed by atoms with Crippen LogP contribution in [0.1, 0.15) is 20.8 Å². The molecule has 0 saturated carbocycles. The topological polar surface area (TPSA) is 0 Å². The number of hydrogen-bond acceptors (Lipinski definition) is 0. The van der Waals surface area contributed by atoms with Crippen molar-refractivity contribution in [1.29, 1.82) is 0 Å². The van der Waals surface area contributed by atoms with Crippen molar-refractivity contribution in [3.05, 3.63) is 5.92 Å². The van der Waals surface area contributed by atoms with E-state index in [-0.39, 0.29) is 49.7 Å². The van der Waals surface area contributed by atoms with Crippen molar-refractivity contribution in [2.75, 3.05) is 0 Å². The Balaban J connectivity index is -0.0000000450. The monoisotopic (exact) mass is 346 g/mol. The van der Waals surface area contributed by atoms with Gasteiger partial charge in [-0.2, -0.15) is 20.8 Å². The van der Waals surface area contributed by atoms with Gasteiger partial charge in [-0.1, -0.05) is 0 Å². The maximum absolute atomic E-state index is 2.08. The van der Waals surface area contributed by atoms with Crippen LogP contribution in [0.5, 0.6) is 0 Å². The van der Waals surface area contributed by atoms with Gasteiger partial charge in [0.15, 0.2) is 0 Å². The molecule has 1 radical (unpaired) electrons. The molecule has 0 aromatic heterocycles. The molecule has 0 saturated heterocycles. The Morgan fingerprint density at radius 2 is 1.00 bits per heavy atom. The summed E-state index contributed by atoms with van der Waals surface area (Å²) in [5.74, 6) is 1.42. The van der Waals surface area contributed by atoms with Crippen molar-refractivity contribution < 1.29 is 49.7 Å². The van der Waals surface area contributed by atoms with Gasteiger partial charge in [-0.15, -0.1) is 0 Å². The van der Waals surface area contributed by atoms with Crippen LogP contribution in [0.3, 0.4) is 0 Å². The van der Waals surface area contributed by atoms with Crippen molar-refractivity contribution in [1.82, 2.24) is 0 Å². The third-order valence-corrected chi connectivity index (χ3v) is 0.